The summed E-state index contributed by atoms with van der Waals surface area (Å²) >= 11 is 0. The minimum Gasteiger partial charge on any atom is -0.444 e. The van der Waals surface area contributed by atoms with E-state index in [9.17, 15) is 14.4 Å². The van der Waals surface area contributed by atoms with Crippen LogP contribution in [0.3, 0.4) is 0 Å². The van der Waals surface area contributed by atoms with E-state index in [2.05, 4.69) is 24.5 Å². The molecule has 0 heterocycles. The summed E-state index contributed by atoms with van der Waals surface area (Å²) in [5.74, 6) is -0.287. The molecule has 0 aromatic heterocycles. The summed E-state index contributed by atoms with van der Waals surface area (Å²) in [6.07, 6.45) is 5.53. The summed E-state index contributed by atoms with van der Waals surface area (Å²) in [6, 6.07) is 4.41. The van der Waals surface area contributed by atoms with Crippen LogP contribution in [0, 0.1) is 19.8 Å². The summed E-state index contributed by atoms with van der Waals surface area (Å²) in [7, 11) is 0. The second-order valence-corrected chi connectivity index (χ2v) is 11.8. The number of ether oxygens (including phenoxy) is 1. The lowest BCUT2D eigenvalue weighted by Gasteiger charge is -2.35. The third-order valence-electron chi connectivity index (χ3n) is 6.34. The van der Waals surface area contributed by atoms with E-state index in [0.717, 1.165) is 55.2 Å². The van der Waals surface area contributed by atoms with Crippen molar-refractivity contribution in [3.63, 3.8) is 0 Å². The summed E-state index contributed by atoms with van der Waals surface area (Å²) in [5, 5.41) is 5.89. The first kappa shape index (κ1) is 33.5. The van der Waals surface area contributed by atoms with Crippen molar-refractivity contribution >= 4 is 17.9 Å². The van der Waals surface area contributed by atoms with Crippen molar-refractivity contribution in [3.8, 4) is 0 Å². The van der Waals surface area contributed by atoms with Gasteiger partial charge in [-0.25, -0.2) is 4.79 Å². The van der Waals surface area contributed by atoms with Crippen LogP contribution in [0.4, 0.5) is 4.79 Å². The van der Waals surface area contributed by atoms with Gasteiger partial charge in [-0.15, -0.1) is 0 Å². The highest BCUT2D eigenvalue weighted by atomic mass is 16.6. The Morgan fingerprint density at radius 1 is 0.974 bits per heavy atom. The summed E-state index contributed by atoms with van der Waals surface area (Å²) < 4.78 is 5.48. The Kier molecular flexibility index (Phi) is 14.4. The van der Waals surface area contributed by atoms with Crippen LogP contribution < -0.4 is 10.6 Å². The molecule has 0 bridgehead atoms. The van der Waals surface area contributed by atoms with Gasteiger partial charge in [-0.05, 0) is 70.9 Å². The molecule has 7 nitrogen and oxygen atoms in total. The first-order valence-electron chi connectivity index (χ1n) is 14.5. The number of amides is 3. The zero-order valence-corrected chi connectivity index (χ0v) is 25.4. The highest BCUT2D eigenvalue weighted by Crippen LogP contribution is 2.28. The normalized spacial score (nSPS) is 13.1. The van der Waals surface area contributed by atoms with Crippen LogP contribution in [0.1, 0.15) is 116 Å². The first-order valence-corrected chi connectivity index (χ1v) is 14.5. The van der Waals surface area contributed by atoms with Crippen LogP contribution in [0.5, 0.6) is 0 Å². The summed E-state index contributed by atoms with van der Waals surface area (Å²) in [6.45, 7) is 18.6. The predicted molar refractivity (Wildman–Crippen MR) is 155 cm³/mol. The maximum atomic E-state index is 14.2. The Hall–Kier alpha value is -2.57. The fourth-order valence-corrected chi connectivity index (χ4v) is 4.49. The molecule has 216 valence electrons. The van der Waals surface area contributed by atoms with Gasteiger partial charge in [0.15, 0.2) is 0 Å². The van der Waals surface area contributed by atoms with Crippen molar-refractivity contribution in [3.05, 3.63) is 34.9 Å². The van der Waals surface area contributed by atoms with Crippen LogP contribution in [0.2, 0.25) is 0 Å². The van der Waals surface area contributed by atoms with E-state index >= 15 is 0 Å². The Morgan fingerprint density at radius 3 is 2.18 bits per heavy atom. The highest BCUT2D eigenvalue weighted by Gasteiger charge is 2.36. The lowest BCUT2D eigenvalue weighted by Crippen LogP contribution is -2.53. The van der Waals surface area contributed by atoms with E-state index in [1.54, 1.807) is 25.7 Å². The monoisotopic (exact) mass is 531 g/mol. The van der Waals surface area contributed by atoms with Gasteiger partial charge in [-0.3, -0.25) is 9.59 Å². The standard InChI is InChI=1S/C31H53N3O4/c1-10-12-14-15-19-34(29(36)26(20-22(3)4)33-30(37)38-31(7,8)9)27(28(35)32-18-13-11-2)25-17-16-23(5)21-24(25)6/h16-17,21-22,26-27H,10-15,18-20H2,1-9H3,(H,32,35)(H,33,37). The molecule has 0 aliphatic heterocycles. The smallest absolute Gasteiger partial charge is 0.408 e. The minimum absolute atomic E-state index is 0.152. The van der Waals surface area contributed by atoms with Gasteiger partial charge in [-0.1, -0.05) is 77.1 Å². The van der Waals surface area contributed by atoms with Crippen LogP contribution in [-0.4, -0.2) is 47.5 Å². The van der Waals surface area contributed by atoms with Crippen LogP contribution in [-0.2, 0) is 14.3 Å². The van der Waals surface area contributed by atoms with E-state index < -0.39 is 23.8 Å². The Morgan fingerprint density at radius 2 is 1.63 bits per heavy atom. The molecule has 7 heteroatoms. The molecule has 1 rings (SSSR count). The average molecular weight is 532 g/mol. The fraction of sp³-hybridized carbons (Fsp3) is 0.710. The van der Waals surface area contributed by atoms with Gasteiger partial charge in [0.25, 0.3) is 0 Å². The molecule has 0 aliphatic carbocycles. The molecular weight excluding hydrogens is 478 g/mol. The van der Waals surface area contributed by atoms with Crippen LogP contribution in [0.15, 0.2) is 18.2 Å². The lowest BCUT2D eigenvalue weighted by atomic mass is 9.95. The fourth-order valence-electron chi connectivity index (χ4n) is 4.49. The number of carbonyl (C=O) groups excluding carboxylic acids is 3. The molecule has 0 spiro atoms. The molecular formula is C31H53N3O4. The summed E-state index contributed by atoms with van der Waals surface area (Å²) in [4.78, 5) is 42.4. The van der Waals surface area contributed by atoms with Crippen LogP contribution in [0.25, 0.3) is 0 Å². The van der Waals surface area contributed by atoms with Crippen molar-refractivity contribution < 1.29 is 19.1 Å². The van der Waals surface area contributed by atoms with E-state index in [1.807, 2.05) is 45.9 Å². The Balaban J connectivity index is 3.51. The van der Waals surface area contributed by atoms with Crippen molar-refractivity contribution in [1.82, 2.24) is 15.5 Å². The maximum Gasteiger partial charge on any atom is 0.408 e. The number of nitrogens with one attached hydrogen (secondary N) is 2. The highest BCUT2D eigenvalue weighted by molar-refractivity contribution is 5.92. The number of carbonyl (C=O) groups is 3. The Labute approximate surface area is 231 Å². The lowest BCUT2D eigenvalue weighted by molar-refractivity contribution is -0.143. The second kappa shape index (κ2) is 16.4. The number of unbranched alkanes of at least 4 members (excludes halogenated alkanes) is 4. The van der Waals surface area contributed by atoms with Crippen molar-refractivity contribution in [2.75, 3.05) is 13.1 Å². The SMILES string of the molecule is CCCCCCN(C(=O)C(CC(C)C)NC(=O)OC(C)(C)C)C(C(=O)NCCCC)c1ccc(C)cc1C. The number of hydrogen-bond acceptors (Lipinski definition) is 4. The number of aryl methyl sites for hydroxylation is 2. The Bertz CT molecular complexity index is 892. The molecule has 0 radical (unpaired) electrons. The molecule has 38 heavy (non-hydrogen) atoms. The van der Waals surface area contributed by atoms with Gasteiger partial charge in [0.2, 0.25) is 11.8 Å². The van der Waals surface area contributed by atoms with Gasteiger partial charge in [0.05, 0.1) is 0 Å². The third-order valence-corrected chi connectivity index (χ3v) is 6.34. The number of alkyl carbamates (subject to hydrolysis) is 1. The topological polar surface area (TPSA) is 87.7 Å². The first-order chi connectivity index (χ1) is 17.8. The number of hydrogen-bond donors (Lipinski definition) is 2. The van der Waals surface area contributed by atoms with Gasteiger partial charge < -0.3 is 20.3 Å². The van der Waals surface area contributed by atoms with Gasteiger partial charge in [-0.2, -0.15) is 0 Å². The van der Waals surface area contributed by atoms with E-state index in [1.165, 1.54) is 0 Å². The second-order valence-electron chi connectivity index (χ2n) is 11.8. The quantitative estimate of drug-likeness (QED) is 0.249. The number of benzene rings is 1. The predicted octanol–water partition coefficient (Wildman–Crippen LogP) is 6.61. The molecule has 1 aromatic carbocycles. The molecule has 2 atom stereocenters. The number of nitrogens with zero attached hydrogens (tertiary/aromatic N) is 1. The van der Waals surface area contributed by atoms with E-state index in [4.69, 9.17) is 4.74 Å². The molecule has 0 fully saturated rings. The third kappa shape index (κ3) is 11.9. The molecule has 1 aromatic rings. The van der Waals surface area contributed by atoms with Crippen molar-refractivity contribution in [1.29, 1.82) is 0 Å². The minimum atomic E-state index is -0.798. The average Bonchev–Trinajstić information content (AvgIpc) is 2.79. The molecule has 0 saturated heterocycles. The molecule has 2 N–H and O–H groups in total. The van der Waals surface area contributed by atoms with E-state index in [0.29, 0.717) is 19.5 Å². The largest absolute Gasteiger partial charge is 0.444 e. The van der Waals surface area contributed by atoms with Gasteiger partial charge >= 0.3 is 6.09 Å². The van der Waals surface area contributed by atoms with Gasteiger partial charge in [0.1, 0.15) is 17.7 Å². The molecule has 0 aliphatic rings. The van der Waals surface area contributed by atoms with Crippen molar-refractivity contribution in [2.45, 2.75) is 125 Å². The maximum absolute atomic E-state index is 14.2. The van der Waals surface area contributed by atoms with Gasteiger partial charge in [0, 0.05) is 13.1 Å². The molecule has 3 amide bonds. The molecule has 0 saturated carbocycles. The summed E-state index contributed by atoms with van der Waals surface area (Å²) in [5.41, 5.74) is 2.19. The number of rotatable bonds is 15. The zero-order chi connectivity index (χ0) is 28.9. The van der Waals surface area contributed by atoms with Crippen LogP contribution >= 0.6 is 0 Å². The van der Waals surface area contributed by atoms with E-state index in [-0.39, 0.29) is 17.7 Å². The molecule has 2 unspecified atom stereocenters. The van der Waals surface area contributed by atoms with Crippen molar-refractivity contribution in [2.24, 2.45) is 5.92 Å². The zero-order valence-electron chi connectivity index (χ0n) is 25.4.